The van der Waals surface area contributed by atoms with Crippen LogP contribution in [-0.4, -0.2) is 11.5 Å². The van der Waals surface area contributed by atoms with E-state index in [1.54, 1.807) is 12.3 Å². The van der Waals surface area contributed by atoms with Crippen LogP contribution in [0.3, 0.4) is 0 Å². The highest BCUT2D eigenvalue weighted by Gasteiger charge is 2.45. The van der Waals surface area contributed by atoms with Crippen molar-refractivity contribution in [2.75, 3.05) is 17.6 Å². The molecule has 0 spiro atoms. The molecule has 0 aliphatic heterocycles. The second kappa shape index (κ2) is 4.13. The second-order valence-corrected chi connectivity index (χ2v) is 5.40. The van der Waals surface area contributed by atoms with Gasteiger partial charge in [-0.15, -0.1) is 0 Å². The second-order valence-electron chi connectivity index (χ2n) is 4.96. The highest BCUT2D eigenvalue weighted by Crippen LogP contribution is 2.51. The lowest BCUT2D eigenvalue weighted by atomic mass is 9.92. The van der Waals surface area contributed by atoms with E-state index < -0.39 is 0 Å². The maximum atomic E-state index is 5.84. The third kappa shape index (κ3) is 2.24. The van der Waals surface area contributed by atoms with Crippen molar-refractivity contribution in [2.24, 2.45) is 11.3 Å². The van der Waals surface area contributed by atoms with E-state index in [2.05, 4.69) is 24.1 Å². The quantitative estimate of drug-likeness (QED) is 0.849. The minimum atomic E-state index is 0.452. The van der Waals surface area contributed by atoms with Crippen LogP contribution in [0, 0.1) is 11.3 Å². The average molecular weight is 240 g/mol. The highest BCUT2D eigenvalue weighted by molar-refractivity contribution is 6.30. The zero-order valence-corrected chi connectivity index (χ0v) is 10.5. The van der Waals surface area contributed by atoms with Gasteiger partial charge in [0.05, 0.1) is 10.7 Å². The molecule has 2 rings (SSSR count). The Kier molecular flexibility index (Phi) is 2.98. The van der Waals surface area contributed by atoms with Crippen molar-refractivity contribution in [1.82, 2.24) is 4.98 Å². The number of aromatic nitrogens is 1. The Labute approximate surface area is 101 Å². The molecule has 0 unspecified atom stereocenters. The van der Waals surface area contributed by atoms with Gasteiger partial charge in [0.25, 0.3) is 0 Å². The molecule has 0 amide bonds. The molecule has 16 heavy (non-hydrogen) atoms. The van der Waals surface area contributed by atoms with Crippen LogP contribution in [-0.2, 0) is 0 Å². The lowest BCUT2D eigenvalue weighted by molar-refractivity contribution is 0.380. The summed E-state index contributed by atoms with van der Waals surface area (Å²) in [6.45, 7) is 5.49. The van der Waals surface area contributed by atoms with Crippen LogP contribution < -0.4 is 11.1 Å². The summed E-state index contributed by atoms with van der Waals surface area (Å²) in [7, 11) is 0. The molecule has 1 heterocycles. The number of hydrogen-bond donors (Lipinski definition) is 2. The molecule has 1 fully saturated rings. The number of nitrogens with two attached hydrogens (primary N) is 1. The molecule has 1 aliphatic carbocycles. The Morgan fingerprint density at radius 1 is 1.56 bits per heavy atom. The van der Waals surface area contributed by atoms with Crippen molar-refractivity contribution < 1.29 is 0 Å². The lowest BCUT2D eigenvalue weighted by Gasteiger charge is -2.20. The fourth-order valence-corrected chi connectivity index (χ4v) is 2.15. The molecule has 88 valence electrons. The Morgan fingerprint density at radius 2 is 2.25 bits per heavy atom. The first kappa shape index (κ1) is 11.5. The van der Waals surface area contributed by atoms with Gasteiger partial charge in [0.1, 0.15) is 5.82 Å². The van der Waals surface area contributed by atoms with Crippen LogP contribution in [0.4, 0.5) is 11.5 Å². The molecule has 1 aliphatic rings. The van der Waals surface area contributed by atoms with Crippen LogP contribution >= 0.6 is 11.6 Å². The number of nitrogen functional groups attached to an aromatic ring is 1. The van der Waals surface area contributed by atoms with Crippen LogP contribution in [0.5, 0.6) is 0 Å². The molecule has 1 saturated carbocycles. The number of anilines is 2. The largest absolute Gasteiger partial charge is 0.396 e. The molecular formula is C12H18ClN3. The average Bonchev–Trinajstić information content (AvgIpc) is 2.97. The first-order chi connectivity index (χ1) is 7.53. The van der Waals surface area contributed by atoms with E-state index >= 15 is 0 Å². The minimum absolute atomic E-state index is 0.452. The monoisotopic (exact) mass is 239 g/mol. The van der Waals surface area contributed by atoms with Gasteiger partial charge < -0.3 is 11.1 Å². The number of halogens is 1. The van der Waals surface area contributed by atoms with E-state index in [-0.39, 0.29) is 0 Å². The molecule has 0 atom stereocenters. The lowest BCUT2D eigenvalue weighted by Crippen LogP contribution is -2.21. The number of pyridine rings is 1. The van der Waals surface area contributed by atoms with Crippen molar-refractivity contribution in [3.8, 4) is 0 Å². The predicted molar refractivity (Wildman–Crippen MR) is 68.7 cm³/mol. The van der Waals surface area contributed by atoms with Crippen molar-refractivity contribution in [2.45, 2.75) is 26.7 Å². The van der Waals surface area contributed by atoms with Gasteiger partial charge >= 0.3 is 0 Å². The summed E-state index contributed by atoms with van der Waals surface area (Å²) in [4.78, 5) is 4.20. The van der Waals surface area contributed by atoms with E-state index in [1.807, 2.05) is 0 Å². The Morgan fingerprint density at radius 3 is 2.75 bits per heavy atom. The smallest absolute Gasteiger partial charge is 0.149 e. The molecule has 3 nitrogen and oxygen atoms in total. The third-order valence-electron chi connectivity index (χ3n) is 3.61. The van der Waals surface area contributed by atoms with Crippen molar-refractivity contribution >= 4 is 23.1 Å². The normalized spacial score (nSPS) is 17.5. The Bertz CT molecular complexity index is 386. The summed E-state index contributed by atoms with van der Waals surface area (Å²) in [5.41, 5.74) is 6.91. The fourth-order valence-electron chi connectivity index (χ4n) is 1.98. The Hall–Kier alpha value is -0.960. The standard InChI is InChI=1S/C12H18ClN3/c1-8(2)12(3-4-12)7-16-11-10(14)5-9(13)6-15-11/h5-6,8H,3-4,7,14H2,1-2H3,(H,15,16). The highest BCUT2D eigenvalue weighted by atomic mass is 35.5. The van der Waals surface area contributed by atoms with Gasteiger partial charge in [0.2, 0.25) is 0 Å². The van der Waals surface area contributed by atoms with Gasteiger partial charge in [0, 0.05) is 12.7 Å². The van der Waals surface area contributed by atoms with Crippen LogP contribution in [0.25, 0.3) is 0 Å². The van der Waals surface area contributed by atoms with Crippen LogP contribution in [0.2, 0.25) is 5.02 Å². The van der Waals surface area contributed by atoms with E-state index in [1.165, 1.54) is 12.8 Å². The Balaban J connectivity index is 2.00. The minimum Gasteiger partial charge on any atom is -0.396 e. The van der Waals surface area contributed by atoms with Gasteiger partial charge in [-0.1, -0.05) is 25.4 Å². The van der Waals surface area contributed by atoms with Crippen LogP contribution in [0.1, 0.15) is 26.7 Å². The molecule has 3 N–H and O–H groups in total. The number of nitrogens with one attached hydrogen (secondary N) is 1. The van der Waals surface area contributed by atoms with Gasteiger partial charge in [-0.2, -0.15) is 0 Å². The van der Waals surface area contributed by atoms with E-state index in [4.69, 9.17) is 17.3 Å². The molecule has 0 aromatic carbocycles. The zero-order valence-electron chi connectivity index (χ0n) is 9.76. The first-order valence-electron chi connectivity index (χ1n) is 5.68. The predicted octanol–water partition coefficient (Wildman–Crippen LogP) is 3.17. The number of nitrogens with zero attached hydrogens (tertiary/aromatic N) is 1. The molecule has 1 aromatic rings. The van der Waals surface area contributed by atoms with E-state index in [9.17, 15) is 0 Å². The summed E-state index contributed by atoms with van der Waals surface area (Å²) < 4.78 is 0. The summed E-state index contributed by atoms with van der Waals surface area (Å²) in [6, 6.07) is 1.73. The number of hydrogen-bond acceptors (Lipinski definition) is 3. The molecule has 4 heteroatoms. The SMILES string of the molecule is CC(C)C1(CNc2ncc(Cl)cc2N)CC1. The van der Waals surface area contributed by atoms with Crippen molar-refractivity contribution in [1.29, 1.82) is 0 Å². The summed E-state index contributed by atoms with van der Waals surface area (Å²) >= 11 is 5.80. The van der Waals surface area contributed by atoms with Crippen molar-refractivity contribution in [3.05, 3.63) is 17.3 Å². The summed E-state index contributed by atoms with van der Waals surface area (Å²) in [5.74, 6) is 1.45. The topological polar surface area (TPSA) is 50.9 Å². The van der Waals surface area contributed by atoms with E-state index in [0.717, 1.165) is 12.4 Å². The third-order valence-corrected chi connectivity index (χ3v) is 3.82. The van der Waals surface area contributed by atoms with Gasteiger partial charge in [-0.25, -0.2) is 4.98 Å². The van der Waals surface area contributed by atoms with E-state index in [0.29, 0.717) is 22.0 Å². The van der Waals surface area contributed by atoms with Gasteiger partial charge in [0.15, 0.2) is 0 Å². The summed E-state index contributed by atoms with van der Waals surface area (Å²) in [5, 5.41) is 3.91. The molecular weight excluding hydrogens is 222 g/mol. The summed E-state index contributed by atoms with van der Waals surface area (Å²) in [6.07, 6.45) is 4.21. The molecule has 0 bridgehead atoms. The number of rotatable bonds is 4. The van der Waals surface area contributed by atoms with Crippen molar-refractivity contribution in [3.63, 3.8) is 0 Å². The molecule has 0 radical (unpaired) electrons. The molecule has 1 aromatic heterocycles. The first-order valence-corrected chi connectivity index (χ1v) is 6.06. The molecule has 0 saturated heterocycles. The zero-order chi connectivity index (χ0) is 11.8. The maximum Gasteiger partial charge on any atom is 0.149 e. The fraction of sp³-hybridized carbons (Fsp3) is 0.583. The van der Waals surface area contributed by atoms with Gasteiger partial charge in [-0.05, 0) is 30.2 Å². The maximum absolute atomic E-state index is 5.84. The van der Waals surface area contributed by atoms with Crippen LogP contribution in [0.15, 0.2) is 12.3 Å². The van der Waals surface area contributed by atoms with Gasteiger partial charge in [-0.3, -0.25) is 0 Å².